The highest BCUT2D eigenvalue weighted by Gasteiger charge is 2.51. The second kappa shape index (κ2) is 4.10. The number of rotatable bonds is 2. The van der Waals surface area contributed by atoms with Crippen LogP contribution in [-0.2, 0) is 5.60 Å². The molecule has 0 saturated carbocycles. The van der Waals surface area contributed by atoms with E-state index in [4.69, 9.17) is 9.52 Å². The number of hydrogen-bond donors (Lipinski definition) is 2. The minimum absolute atomic E-state index is 0.00417. The first-order valence-corrected chi connectivity index (χ1v) is 6.40. The highest BCUT2D eigenvalue weighted by molar-refractivity contribution is 5.89. The van der Waals surface area contributed by atoms with E-state index in [1.807, 2.05) is 0 Å². The Balaban J connectivity index is 1.99. The van der Waals surface area contributed by atoms with Crippen molar-refractivity contribution < 1.29 is 19.4 Å². The van der Waals surface area contributed by atoms with Crippen LogP contribution < -0.4 is 0 Å². The Hall–Kier alpha value is -1.33. The number of carboxylic acid groups (broad SMARTS) is 1. The molecule has 5 nitrogen and oxygen atoms in total. The number of hydrogen-bond acceptors (Lipinski definition) is 4. The first kappa shape index (κ1) is 11.7. The van der Waals surface area contributed by atoms with Crippen molar-refractivity contribution in [3.05, 3.63) is 23.7 Å². The van der Waals surface area contributed by atoms with Gasteiger partial charge in [-0.3, -0.25) is 4.90 Å². The van der Waals surface area contributed by atoms with E-state index >= 15 is 0 Å². The van der Waals surface area contributed by atoms with Crippen LogP contribution in [0.1, 0.15) is 41.8 Å². The molecule has 2 unspecified atom stereocenters. The first-order chi connectivity index (χ1) is 8.63. The molecule has 0 aromatic carbocycles. The molecule has 2 saturated heterocycles. The Morgan fingerprint density at radius 1 is 1.44 bits per heavy atom. The molecular weight excluding hydrogens is 234 g/mol. The topological polar surface area (TPSA) is 73.9 Å². The summed E-state index contributed by atoms with van der Waals surface area (Å²) in [5.74, 6) is -0.814. The van der Waals surface area contributed by atoms with Gasteiger partial charge in [-0.15, -0.1) is 0 Å². The Morgan fingerprint density at radius 2 is 2.28 bits per heavy atom. The summed E-state index contributed by atoms with van der Waals surface area (Å²) in [7, 11) is 0. The van der Waals surface area contributed by atoms with Gasteiger partial charge >= 0.3 is 5.97 Å². The lowest BCUT2D eigenvalue weighted by Crippen LogP contribution is -2.45. The summed E-state index contributed by atoms with van der Waals surface area (Å²) < 4.78 is 5.30. The van der Waals surface area contributed by atoms with Gasteiger partial charge in [-0.05, 0) is 31.9 Å². The van der Waals surface area contributed by atoms with Gasteiger partial charge in [0.1, 0.15) is 11.2 Å². The van der Waals surface area contributed by atoms with Gasteiger partial charge in [-0.2, -0.15) is 0 Å². The highest BCUT2D eigenvalue weighted by atomic mass is 16.4. The molecule has 2 N–H and O–H groups in total. The molecule has 3 heterocycles. The summed E-state index contributed by atoms with van der Waals surface area (Å²) in [6.07, 6.45) is 5.02. The number of nitrogens with zero attached hydrogens (tertiary/aromatic N) is 1. The molecule has 1 aromatic heterocycles. The molecule has 5 heteroatoms. The lowest BCUT2D eigenvalue weighted by molar-refractivity contribution is -0.0314. The number of fused-ring (bicyclic) bond motifs is 1. The monoisotopic (exact) mass is 251 g/mol. The smallest absolute Gasteiger partial charge is 0.339 e. The summed E-state index contributed by atoms with van der Waals surface area (Å²) in [6.45, 7) is 1.79. The average molecular weight is 251 g/mol. The molecule has 0 spiro atoms. The summed E-state index contributed by atoms with van der Waals surface area (Å²) in [4.78, 5) is 13.4. The molecule has 2 aliphatic rings. The molecular formula is C13H17NO4. The molecule has 18 heavy (non-hydrogen) atoms. The van der Waals surface area contributed by atoms with Crippen molar-refractivity contribution in [1.82, 2.24) is 4.90 Å². The lowest BCUT2D eigenvalue weighted by Gasteiger charge is -2.36. The Morgan fingerprint density at radius 3 is 3.06 bits per heavy atom. The average Bonchev–Trinajstić information content (AvgIpc) is 2.96. The van der Waals surface area contributed by atoms with Crippen molar-refractivity contribution in [3.8, 4) is 0 Å². The molecule has 98 valence electrons. The molecule has 2 atom stereocenters. The molecule has 2 aliphatic heterocycles. The number of aromatic carboxylic acids is 1. The van der Waals surface area contributed by atoms with Gasteiger partial charge in [-0.25, -0.2) is 4.79 Å². The zero-order chi connectivity index (χ0) is 12.8. The zero-order valence-corrected chi connectivity index (χ0v) is 10.1. The van der Waals surface area contributed by atoms with Crippen LogP contribution in [0.2, 0.25) is 0 Å². The molecule has 0 amide bonds. The van der Waals surface area contributed by atoms with Gasteiger partial charge in [0.15, 0.2) is 5.76 Å². The molecule has 0 aliphatic carbocycles. The summed E-state index contributed by atoms with van der Waals surface area (Å²) in [5.41, 5.74) is -1.05. The lowest BCUT2D eigenvalue weighted by atomic mass is 9.85. The highest BCUT2D eigenvalue weighted by Crippen LogP contribution is 2.43. The number of furan rings is 1. The van der Waals surface area contributed by atoms with Crippen LogP contribution in [-0.4, -0.2) is 40.2 Å². The van der Waals surface area contributed by atoms with E-state index in [1.165, 1.54) is 12.3 Å². The van der Waals surface area contributed by atoms with Crippen molar-refractivity contribution in [3.63, 3.8) is 0 Å². The van der Waals surface area contributed by atoms with E-state index < -0.39 is 11.6 Å². The van der Waals surface area contributed by atoms with Crippen LogP contribution in [0.25, 0.3) is 0 Å². The number of carboxylic acids is 1. The van der Waals surface area contributed by atoms with Gasteiger partial charge in [0.2, 0.25) is 0 Å². The second-order valence-electron chi connectivity index (χ2n) is 5.19. The first-order valence-electron chi connectivity index (χ1n) is 6.40. The van der Waals surface area contributed by atoms with E-state index in [9.17, 15) is 9.90 Å². The summed E-state index contributed by atoms with van der Waals surface area (Å²) in [5, 5.41) is 20.0. The van der Waals surface area contributed by atoms with E-state index in [-0.39, 0.29) is 17.4 Å². The van der Waals surface area contributed by atoms with E-state index in [0.29, 0.717) is 6.42 Å². The van der Waals surface area contributed by atoms with Crippen molar-refractivity contribution in [2.75, 3.05) is 13.1 Å². The molecule has 2 fully saturated rings. The van der Waals surface area contributed by atoms with Crippen LogP contribution in [0, 0.1) is 0 Å². The summed E-state index contributed by atoms with van der Waals surface area (Å²) >= 11 is 0. The van der Waals surface area contributed by atoms with E-state index in [1.54, 1.807) is 0 Å². The standard InChI is InChI=1S/C13H17NO4/c15-12(16)9-4-8-18-11(9)13(17)5-7-14-6-2-1-3-10(13)14/h4,8,10,17H,1-3,5-7H2,(H,15,16). The van der Waals surface area contributed by atoms with Crippen molar-refractivity contribution in [1.29, 1.82) is 0 Å². The van der Waals surface area contributed by atoms with Crippen LogP contribution >= 0.6 is 0 Å². The maximum atomic E-state index is 11.2. The van der Waals surface area contributed by atoms with Crippen LogP contribution in [0.4, 0.5) is 0 Å². The third kappa shape index (κ3) is 1.58. The van der Waals surface area contributed by atoms with Crippen molar-refractivity contribution in [2.24, 2.45) is 0 Å². The predicted octanol–water partition coefficient (Wildman–Crippen LogP) is 1.42. The van der Waals surface area contributed by atoms with E-state index in [0.717, 1.165) is 32.4 Å². The van der Waals surface area contributed by atoms with Gasteiger partial charge in [-0.1, -0.05) is 6.42 Å². The summed E-state index contributed by atoms with van der Waals surface area (Å²) in [6, 6.07) is 1.41. The molecule has 0 radical (unpaired) electrons. The number of aliphatic hydroxyl groups is 1. The van der Waals surface area contributed by atoms with Gasteiger partial charge in [0, 0.05) is 12.6 Å². The molecule has 0 bridgehead atoms. The quantitative estimate of drug-likeness (QED) is 0.831. The third-order valence-electron chi connectivity index (χ3n) is 4.23. The number of carbonyl (C=O) groups is 1. The van der Waals surface area contributed by atoms with Crippen molar-refractivity contribution in [2.45, 2.75) is 37.3 Å². The maximum absolute atomic E-state index is 11.2. The second-order valence-corrected chi connectivity index (χ2v) is 5.19. The van der Waals surface area contributed by atoms with Crippen LogP contribution in [0.5, 0.6) is 0 Å². The molecule has 3 rings (SSSR count). The fourth-order valence-corrected chi connectivity index (χ4v) is 3.36. The Labute approximate surface area is 105 Å². The van der Waals surface area contributed by atoms with Gasteiger partial charge in [0.05, 0.1) is 6.26 Å². The van der Waals surface area contributed by atoms with Crippen molar-refractivity contribution >= 4 is 5.97 Å². The van der Waals surface area contributed by atoms with Crippen LogP contribution in [0.15, 0.2) is 16.7 Å². The molecule has 1 aromatic rings. The fourth-order valence-electron chi connectivity index (χ4n) is 3.36. The maximum Gasteiger partial charge on any atom is 0.339 e. The minimum atomic E-state index is -1.14. The SMILES string of the molecule is O=C(O)c1ccoc1C1(O)CCN2CCCCC21. The van der Waals surface area contributed by atoms with Gasteiger partial charge in [0.25, 0.3) is 0 Å². The predicted molar refractivity (Wildman–Crippen MR) is 63.4 cm³/mol. The largest absolute Gasteiger partial charge is 0.478 e. The zero-order valence-electron chi connectivity index (χ0n) is 10.1. The van der Waals surface area contributed by atoms with Gasteiger partial charge < -0.3 is 14.6 Å². The van der Waals surface area contributed by atoms with E-state index in [2.05, 4.69) is 4.90 Å². The fraction of sp³-hybridized carbons (Fsp3) is 0.615. The number of piperidine rings is 1. The third-order valence-corrected chi connectivity index (χ3v) is 4.23. The Bertz CT molecular complexity index is 469. The van der Waals surface area contributed by atoms with Crippen LogP contribution in [0.3, 0.4) is 0 Å². The normalized spacial score (nSPS) is 32.4. The minimum Gasteiger partial charge on any atom is -0.478 e. The Kier molecular flexibility index (Phi) is 2.68.